The van der Waals surface area contributed by atoms with Gasteiger partial charge in [0.05, 0.1) is 6.61 Å². The number of allylic oxidation sites excluding steroid dienone is 3. The fourth-order valence-corrected chi connectivity index (χ4v) is 0.968. The highest BCUT2D eigenvalue weighted by molar-refractivity contribution is 6.19. The molecule has 0 aliphatic rings. The third-order valence-corrected chi connectivity index (χ3v) is 2.10. The van der Waals surface area contributed by atoms with Crippen molar-refractivity contribution in [1.82, 2.24) is 0 Å². The van der Waals surface area contributed by atoms with Crippen molar-refractivity contribution < 1.29 is 5.11 Å². The molecule has 0 aromatic rings. The second-order valence-electron chi connectivity index (χ2n) is 2.96. The highest BCUT2D eigenvalue weighted by atomic mass is 35.5. The molecule has 1 N–H and O–H groups in total. The second kappa shape index (κ2) is 7.38. The Balaban J connectivity index is 3.62. The van der Waals surface area contributed by atoms with Gasteiger partial charge >= 0.3 is 0 Å². The summed E-state index contributed by atoms with van der Waals surface area (Å²) in [5.41, 5.74) is 2.45. The lowest BCUT2D eigenvalue weighted by Crippen LogP contribution is -1.82. The van der Waals surface area contributed by atoms with E-state index in [1.807, 2.05) is 19.9 Å². The Morgan fingerprint density at radius 3 is 2.42 bits per heavy atom. The number of aliphatic hydroxyl groups is 1. The van der Waals surface area contributed by atoms with Gasteiger partial charge in [0.1, 0.15) is 0 Å². The Labute approximate surface area is 79.7 Å². The average molecular weight is 189 g/mol. The zero-order valence-electron chi connectivity index (χ0n) is 7.81. The van der Waals surface area contributed by atoms with Crippen LogP contribution in [0.15, 0.2) is 23.3 Å². The van der Waals surface area contributed by atoms with Crippen LogP contribution in [0.2, 0.25) is 0 Å². The first-order valence-electron chi connectivity index (χ1n) is 4.18. The molecule has 0 saturated carbocycles. The summed E-state index contributed by atoms with van der Waals surface area (Å²) in [7, 11) is 0. The predicted octanol–water partition coefficient (Wildman–Crippen LogP) is 2.89. The van der Waals surface area contributed by atoms with Gasteiger partial charge in [-0.3, -0.25) is 0 Å². The van der Waals surface area contributed by atoms with Crippen molar-refractivity contribution in [3.8, 4) is 0 Å². The molecule has 0 amide bonds. The van der Waals surface area contributed by atoms with Crippen LogP contribution in [-0.2, 0) is 0 Å². The minimum Gasteiger partial charge on any atom is -0.392 e. The van der Waals surface area contributed by atoms with Gasteiger partial charge < -0.3 is 5.11 Å². The summed E-state index contributed by atoms with van der Waals surface area (Å²) >= 11 is 5.61. The maximum atomic E-state index is 8.58. The molecule has 0 aliphatic heterocycles. The van der Waals surface area contributed by atoms with Crippen molar-refractivity contribution in [2.75, 3.05) is 12.5 Å². The average Bonchev–Trinajstić information content (AvgIpc) is 2.04. The van der Waals surface area contributed by atoms with Gasteiger partial charge in [-0.05, 0) is 26.7 Å². The molecule has 0 unspecified atom stereocenters. The van der Waals surface area contributed by atoms with Crippen molar-refractivity contribution in [1.29, 1.82) is 0 Å². The van der Waals surface area contributed by atoms with Crippen molar-refractivity contribution in [2.45, 2.75) is 26.7 Å². The van der Waals surface area contributed by atoms with Gasteiger partial charge in [-0.25, -0.2) is 0 Å². The summed E-state index contributed by atoms with van der Waals surface area (Å²) in [5.74, 6) is 0.614. The summed E-state index contributed by atoms with van der Waals surface area (Å²) in [6.45, 7) is 4.20. The molecule has 0 radical (unpaired) electrons. The molecule has 0 heterocycles. The maximum Gasteiger partial charge on any atom is 0.0614 e. The summed E-state index contributed by atoms with van der Waals surface area (Å²) in [5, 5.41) is 8.58. The van der Waals surface area contributed by atoms with Crippen LogP contribution in [-0.4, -0.2) is 17.6 Å². The molecule has 0 saturated heterocycles. The Kier molecular flexibility index (Phi) is 7.22. The fourth-order valence-electron chi connectivity index (χ4n) is 0.859. The van der Waals surface area contributed by atoms with E-state index in [1.165, 1.54) is 11.1 Å². The van der Waals surface area contributed by atoms with E-state index < -0.39 is 0 Å². The summed E-state index contributed by atoms with van der Waals surface area (Å²) < 4.78 is 0. The standard InChI is InChI=1S/C10H17ClO/c1-9(6-7-12)4-3-5-10(2)8-11/h5-6,12H,3-4,7-8H2,1-2H3/b9-6+,10-5+. The normalized spacial score (nSPS) is 13.7. The number of aliphatic hydroxyl groups excluding tert-OH is 1. The third kappa shape index (κ3) is 6.44. The van der Waals surface area contributed by atoms with Crippen LogP contribution in [0.1, 0.15) is 26.7 Å². The SMILES string of the molecule is C/C(=C\CC/C(C)=C/CO)CCl. The molecule has 0 spiro atoms. The molecule has 1 nitrogen and oxygen atoms in total. The van der Waals surface area contributed by atoms with Crippen molar-refractivity contribution in [3.63, 3.8) is 0 Å². The van der Waals surface area contributed by atoms with Crippen LogP contribution >= 0.6 is 11.6 Å². The van der Waals surface area contributed by atoms with E-state index in [2.05, 4.69) is 6.08 Å². The zero-order chi connectivity index (χ0) is 9.40. The smallest absolute Gasteiger partial charge is 0.0614 e. The minimum atomic E-state index is 0.143. The number of hydrogen-bond donors (Lipinski definition) is 1. The van der Waals surface area contributed by atoms with Crippen LogP contribution in [0.5, 0.6) is 0 Å². The van der Waals surface area contributed by atoms with Crippen LogP contribution < -0.4 is 0 Å². The maximum absolute atomic E-state index is 8.58. The van der Waals surface area contributed by atoms with E-state index >= 15 is 0 Å². The Morgan fingerprint density at radius 2 is 1.92 bits per heavy atom. The molecule has 12 heavy (non-hydrogen) atoms. The fraction of sp³-hybridized carbons (Fsp3) is 0.600. The molecule has 0 fully saturated rings. The van der Waals surface area contributed by atoms with Crippen LogP contribution in [0.3, 0.4) is 0 Å². The highest BCUT2D eigenvalue weighted by Gasteiger charge is 1.88. The van der Waals surface area contributed by atoms with Crippen molar-refractivity contribution in [2.24, 2.45) is 0 Å². The first-order chi connectivity index (χ1) is 5.70. The van der Waals surface area contributed by atoms with Gasteiger partial charge in [-0.1, -0.05) is 23.3 Å². The molecule has 0 bridgehead atoms. The Hall–Kier alpha value is -0.270. The van der Waals surface area contributed by atoms with Crippen LogP contribution in [0.4, 0.5) is 0 Å². The number of hydrogen-bond acceptors (Lipinski definition) is 1. The lowest BCUT2D eigenvalue weighted by molar-refractivity contribution is 0.341. The number of halogens is 1. The van der Waals surface area contributed by atoms with E-state index in [1.54, 1.807) is 0 Å². The molecule has 0 aliphatic carbocycles. The molecule has 70 valence electrons. The molecular formula is C10H17ClO. The van der Waals surface area contributed by atoms with Crippen LogP contribution in [0.25, 0.3) is 0 Å². The van der Waals surface area contributed by atoms with Gasteiger partial charge in [0.15, 0.2) is 0 Å². The first-order valence-corrected chi connectivity index (χ1v) is 4.72. The highest BCUT2D eigenvalue weighted by Crippen LogP contribution is 2.06. The first kappa shape index (κ1) is 11.7. The topological polar surface area (TPSA) is 20.2 Å². The Morgan fingerprint density at radius 1 is 1.25 bits per heavy atom. The lowest BCUT2D eigenvalue weighted by atomic mass is 10.1. The summed E-state index contributed by atoms with van der Waals surface area (Å²) in [4.78, 5) is 0. The minimum absolute atomic E-state index is 0.143. The molecule has 0 rings (SSSR count). The van der Waals surface area contributed by atoms with Gasteiger partial charge in [0.25, 0.3) is 0 Å². The van der Waals surface area contributed by atoms with Crippen molar-refractivity contribution in [3.05, 3.63) is 23.3 Å². The van der Waals surface area contributed by atoms with E-state index in [-0.39, 0.29) is 6.61 Å². The molecular weight excluding hydrogens is 172 g/mol. The summed E-state index contributed by atoms with van der Waals surface area (Å²) in [6, 6.07) is 0. The third-order valence-electron chi connectivity index (χ3n) is 1.68. The van der Waals surface area contributed by atoms with Gasteiger partial charge in [0.2, 0.25) is 0 Å². The van der Waals surface area contributed by atoms with Gasteiger partial charge in [-0.2, -0.15) is 0 Å². The monoisotopic (exact) mass is 188 g/mol. The van der Waals surface area contributed by atoms with E-state index in [4.69, 9.17) is 16.7 Å². The quantitative estimate of drug-likeness (QED) is 0.520. The lowest BCUT2D eigenvalue weighted by Gasteiger charge is -1.97. The predicted molar refractivity (Wildman–Crippen MR) is 54.6 cm³/mol. The molecule has 0 atom stereocenters. The summed E-state index contributed by atoms with van der Waals surface area (Å²) in [6.07, 6.45) is 6.00. The van der Waals surface area contributed by atoms with E-state index in [9.17, 15) is 0 Å². The van der Waals surface area contributed by atoms with Gasteiger partial charge in [0, 0.05) is 5.88 Å². The number of alkyl halides is 1. The Bertz CT molecular complexity index is 171. The second-order valence-corrected chi connectivity index (χ2v) is 3.22. The molecule has 0 aromatic carbocycles. The zero-order valence-corrected chi connectivity index (χ0v) is 8.56. The largest absolute Gasteiger partial charge is 0.392 e. The molecule has 2 heteroatoms. The van der Waals surface area contributed by atoms with Crippen molar-refractivity contribution >= 4 is 11.6 Å². The van der Waals surface area contributed by atoms with E-state index in [0.717, 1.165) is 12.8 Å². The van der Waals surface area contributed by atoms with Crippen LogP contribution in [0, 0.1) is 0 Å². The number of rotatable bonds is 5. The van der Waals surface area contributed by atoms with E-state index in [0.29, 0.717) is 5.88 Å². The van der Waals surface area contributed by atoms with Gasteiger partial charge in [-0.15, -0.1) is 11.6 Å². The molecule has 0 aromatic heterocycles.